The maximum absolute atomic E-state index is 10.4. The molecule has 0 aromatic heterocycles. The smallest absolute Gasteiger partial charge is 0.137 e. The van der Waals surface area contributed by atoms with E-state index in [2.05, 4.69) is 79.6 Å². The average molecular weight is 628 g/mol. The van der Waals surface area contributed by atoms with Crippen LogP contribution >= 0.6 is 31.9 Å². The number of rotatable bonds is 2. The van der Waals surface area contributed by atoms with Gasteiger partial charge in [0.1, 0.15) is 5.78 Å². The van der Waals surface area contributed by atoms with Gasteiger partial charge in [-0.25, -0.2) is 0 Å². The molecule has 37 heavy (non-hydrogen) atoms. The maximum atomic E-state index is 10.4. The number of hydrogen-bond donors (Lipinski definition) is 2. The normalized spacial score (nSPS) is 15.9. The van der Waals surface area contributed by atoms with E-state index < -0.39 is 0 Å². The summed E-state index contributed by atoms with van der Waals surface area (Å²) in [6.45, 7) is 3.01. The van der Waals surface area contributed by atoms with E-state index in [9.17, 15) is 4.79 Å². The number of ketones is 1. The number of Topliss-reactive ketones (excluding diaryl/α,β-unsaturated/α-hetero) is 1. The number of benzene rings is 4. The van der Waals surface area contributed by atoms with Crippen molar-refractivity contribution in [2.45, 2.75) is 31.7 Å². The highest BCUT2D eigenvalue weighted by Crippen LogP contribution is 2.31. The molecule has 6 rings (SSSR count). The summed E-state index contributed by atoms with van der Waals surface area (Å²) in [7, 11) is 0. The lowest BCUT2D eigenvalue weighted by atomic mass is 10.1. The van der Waals surface area contributed by atoms with Crippen LogP contribution in [-0.4, -0.2) is 38.3 Å². The molecule has 0 saturated carbocycles. The highest BCUT2D eigenvalue weighted by Gasteiger charge is 2.14. The molecule has 2 fully saturated rings. The van der Waals surface area contributed by atoms with Gasteiger partial charge in [-0.3, -0.25) is 4.79 Å². The van der Waals surface area contributed by atoms with Gasteiger partial charge in [0.25, 0.3) is 0 Å². The Bertz CT molecular complexity index is 1290. The third-order valence-corrected chi connectivity index (χ3v) is 7.79. The fourth-order valence-electron chi connectivity index (χ4n) is 4.33. The molecule has 0 atom stereocenters. The lowest BCUT2D eigenvalue weighted by Crippen LogP contribution is -2.27. The van der Waals surface area contributed by atoms with E-state index in [1.807, 2.05) is 30.3 Å². The van der Waals surface area contributed by atoms with Gasteiger partial charge >= 0.3 is 0 Å². The molecule has 3 N–H and O–H groups in total. The third-order valence-electron chi connectivity index (χ3n) is 6.41. The number of carbonyl (C=O) groups is 1. The molecule has 0 amide bonds. The number of nitrogens with two attached hydrogens (primary N) is 1. The summed E-state index contributed by atoms with van der Waals surface area (Å²) in [6.07, 6.45) is 3.43. The minimum Gasteiger partial charge on any atom is -0.398 e. The summed E-state index contributed by atoms with van der Waals surface area (Å²) in [4.78, 5) is 10.4. The Hall–Kier alpha value is -2.45. The zero-order valence-corrected chi connectivity index (χ0v) is 23.9. The van der Waals surface area contributed by atoms with Gasteiger partial charge in [0.05, 0.1) is 13.2 Å². The quantitative estimate of drug-likeness (QED) is 0.222. The first-order chi connectivity index (χ1) is 18.0. The van der Waals surface area contributed by atoms with Gasteiger partial charge in [0.15, 0.2) is 0 Å². The van der Waals surface area contributed by atoms with E-state index in [1.54, 1.807) is 0 Å². The van der Waals surface area contributed by atoms with Crippen LogP contribution in [0, 0.1) is 0 Å². The molecule has 7 heteroatoms. The molecule has 2 aliphatic heterocycles. The van der Waals surface area contributed by atoms with E-state index in [-0.39, 0.29) is 0 Å². The van der Waals surface area contributed by atoms with Crippen LogP contribution in [0.15, 0.2) is 81.7 Å². The number of carbonyl (C=O) groups excluding carboxylic acids is 1. The summed E-state index contributed by atoms with van der Waals surface area (Å²) < 4.78 is 12.6. The second kappa shape index (κ2) is 13.9. The minimum atomic E-state index is 0.339. The molecular formula is C30H32Br2N2O3. The van der Waals surface area contributed by atoms with Crippen molar-refractivity contribution in [3.05, 3.63) is 81.7 Å². The van der Waals surface area contributed by atoms with Crippen LogP contribution in [-0.2, 0) is 14.3 Å². The standard InChI is InChI=1S/C15H16BrNO.C10H8BrN.C5H8O2/c16-14-5-6-15(13-4-2-1-3-12(13)14)17-11-7-9-18-10-8-11;11-9-5-6-10(12)8-4-2-1-3-7(8)9;6-5-1-3-7-4-2-5/h1-6,11,17H,7-10H2;1-6H,12H2;1-4H2. The Morgan fingerprint density at radius 1 is 0.676 bits per heavy atom. The lowest BCUT2D eigenvalue weighted by Gasteiger charge is -2.25. The van der Waals surface area contributed by atoms with Gasteiger partial charge in [0, 0.05) is 63.2 Å². The van der Waals surface area contributed by atoms with Crippen LogP contribution in [0.1, 0.15) is 25.7 Å². The van der Waals surface area contributed by atoms with Gasteiger partial charge in [-0.2, -0.15) is 0 Å². The number of anilines is 2. The summed E-state index contributed by atoms with van der Waals surface area (Å²) in [5.74, 6) is 0.339. The van der Waals surface area contributed by atoms with Crippen molar-refractivity contribution in [2.24, 2.45) is 0 Å². The fraction of sp³-hybridized carbons (Fsp3) is 0.300. The first kappa shape index (κ1) is 27.6. The van der Waals surface area contributed by atoms with Gasteiger partial charge in [0.2, 0.25) is 0 Å². The maximum Gasteiger partial charge on any atom is 0.137 e. The molecule has 0 unspecified atom stereocenters. The highest BCUT2D eigenvalue weighted by atomic mass is 79.9. The average Bonchev–Trinajstić information content (AvgIpc) is 2.94. The number of hydrogen-bond acceptors (Lipinski definition) is 5. The molecule has 2 aliphatic rings. The number of ether oxygens (including phenoxy) is 2. The van der Waals surface area contributed by atoms with Crippen molar-refractivity contribution in [3.63, 3.8) is 0 Å². The monoisotopic (exact) mass is 626 g/mol. The molecule has 2 saturated heterocycles. The highest BCUT2D eigenvalue weighted by molar-refractivity contribution is 9.11. The van der Waals surface area contributed by atoms with Crippen molar-refractivity contribution in [1.29, 1.82) is 0 Å². The van der Waals surface area contributed by atoms with Crippen molar-refractivity contribution in [2.75, 3.05) is 37.5 Å². The van der Waals surface area contributed by atoms with Crippen molar-refractivity contribution in [3.8, 4) is 0 Å². The predicted octanol–water partition coefficient (Wildman–Crippen LogP) is 7.74. The topological polar surface area (TPSA) is 73.6 Å². The van der Waals surface area contributed by atoms with Gasteiger partial charge in [-0.05, 0) is 47.9 Å². The van der Waals surface area contributed by atoms with Crippen molar-refractivity contribution < 1.29 is 14.3 Å². The molecule has 0 spiro atoms. The molecule has 2 heterocycles. The largest absolute Gasteiger partial charge is 0.398 e. The second-order valence-corrected chi connectivity index (χ2v) is 10.7. The molecule has 0 aliphatic carbocycles. The Balaban J connectivity index is 0.000000144. The van der Waals surface area contributed by atoms with Crippen LogP contribution < -0.4 is 11.1 Å². The van der Waals surface area contributed by atoms with Crippen LogP contribution in [0.5, 0.6) is 0 Å². The first-order valence-corrected chi connectivity index (χ1v) is 14.1. The summed E-state index contributed by atoms with van der Waals surface area (Å²) in [5.41, 5.74) is 7.85. The Morgan fingerprint density at radius 3 is 1.76 bits per heavy atom. The lowest BCUT2D eigenvalue weighted by molar-refractivity contribution is -0.124. The van der Waals surface area contributed by atoms with Gasteiger partial charge in [-0.15, -0.1) is 0 Å². The molecule has 194 valence electrons. The molecular weight excluding hydrogens is 596 g/mol. The Labute approximate surface area is 235 Å². The minimum absolute atomic E-state index is 0.339. The first-order valence-electron chi connectivity index (χ1n) is 12.6. The zero-order valence-electron chi connectivity index (χ0n) is 20.7. The van der Waals surface area contributed by atoms with Crippen LogP contribution in [0.4, 0.5) is 11.4 Å². The van der Waals surface area contributed by atoms with Crippen LogP contribution in [0.3, 0.4) is 0 Å². The molecule has 0 radical (unpaired) electrons. The molecule has 4 aromatic carbocycles. The second-order valence-electron chi connectivity index (χ2n) is 9.00. The van der Waals surface area contributed by atoms with Gasteiger partial charge < -0.3 is 20.5 Å². The van der Waals surface area contributed by atoms with Crippen molar-refractivity contribution >= 4 is 70.6 Å². The number of halogens is 2. The summed E-state index contributed by atoms with van der Waals surface area (Å²) >= 11 is 7.08. The fourth-order valence-corrected chi connectivity index (χ4v) is 5.29. The van der Waals surface area contributed by atoms with Crippen LogP contribution in [0.2, 0.25) is 0 Å². The van der Waals surface area contributed by atoms with E-state index in [0.717, 1.165) is 51.5 Å². The molecule has 5 nitrogen and oxygen atoms in total. The predicted molar refractivity (Wildman–Crippen MR) is 160 cm³/mol. The Kier molecular flexibility index (Phi) is 10.4. The summed E-state index contributed by atoms with van der Waals surface area (Å²) in [6, 6.07) is 25.2. The van der Waals surface area contributed by atoms with Crippen molar-refractivity contribution in [1.82, 2.24) is 0 Å². The third kappa shape index (κ3) is 7.77. The molecule has 4 aromatic rings. The summed E-state index contributed by atoms with van der Waals surface area (Å²) in [5, 5.41) is 8.45. The zero-order chi connectivity index (χ0) is 26.0. The van der Waals surface area contributed by atoms with Crippen LogP contribution in [0.25, 0.3) is 21.5 Å². The molecule has 0 bridgehead atoms. The number of nitrogen functional groups attached to an aromatic ring is 1. The SMILES string of the molecule is Brc1ccc(NC2CCOCC2)c2ccccc12.Nc1ccc(Br)c2ccccc12.O=C1CCOCC1. The van der Waals surface area contributed by atoms with Gasteiger partial charge in [-0.1, -0.05) is 80.4 Å². The Morgan fingerprint density at radius 2 is 1.19 bits per heavy atom. The number of nitrogens with one attached hydrogen (secondary N) is 1. The number of fused-ring (bicyclic) bond motifs is 2. The van der Waals surface area contributed by atoms with E-state index in [0.29, 0.717) is 37.9 Å². The van der Waals surface area contributed by atoms with E-state index >= 15 is 0 Å². The van der Waals surface area contributed by atoms with E-state index in [1.165, 1.54) is 16.5 Å². The van der Waals surface area contributed by atoms with E-state index in [4.69, 9.17) is 15.2 Å².